The summed E-state index contributed by atoms with van der Waals surface area (Å²) in [6.45, 7) is 7.24. The Morgan fingerprint density at radius 2 is 1.05 bits per heavy atom. The number of aryl methyl sites for hydroxylation is 5. The van der Waals surface area contributed by atoms with Gasteiger partial charge in [0.2, 0.25) is 5.91 Å². The number of alkyl halides is 6. The molecule has 0 aliphatic rings. The molecule has 0 radical (unpaired) electrons. The van der Waals surface area contributed by atoms with E-state index in [9.17, 15) is 50.3 Å². The van der Waals surface area contributed by atoms with E-state index in [0.717, 1.165) is 62.0 Å². The van der Waals surface area contributed by atoms with Crippen LogP contribution >= 0.6 is 46.4 Å². The number of halogens is 10. The van der Waals surface area contributed by atoms with E-state index in [0.29, 0.717) is 22.8 Å². The molecule has 0 saturated carbocycles. The molecule has 7 aromatic carbocycles. The van der Waals surface area contributed by atoms with Crippen molar-refractivity contribution in [1.29, 1.82) is 0 Å². The van der Waals surface area contributed by atoms with E-state index < -0.39 is 89.4 Å². The molecule has 0 bridgehead atoms. The predicted octanol–water partition coefficient (Wildman–Crippen LogP) is 18.5. The molecular formula is C65H48Cl4F6N4O12. The number of fused-ring (bicyclic) bond motifs is 3. The molecule has 0 aliphatic heterocycles. The van der Waals surface area contributed by atoms with Gasteiger partial charge >= 0.3 is 36.2 Å². The van der Waals surface area contributed by atoms with E-state index in [1.807, 2.05) is 57.2 Å². The van der Waals surface area contributed by atoms with Crippen molar-refractivity contribution < 1.29 is 83.8 Å². The number of carboxylic acids is 1. The lowest BCUT2D eigenvalue weighted by atomic mass is 10.1. The molecule has 26 heteroatoms. The monoisotopic (exact) mass is 1330 g/mol. The Bertz CT molecular complexity index is 4500. The number of anilines is 1. The molecule has 3 heterocycles. The first-order valence-corrected chi connectivity index (χ1v) is 28.8. The molecule has 0 fully saturated rings. The summed E-state index contributed by atoms with van der Waals surface area (Å²) in [6.07, 6.45) is -15.1. The van der Waals surface area contributed by atoms with E-state index in [2.05, 4.69) is 15.0 Å². The van der Waals surface area contributed by atoms with Crippen LogP contribution < -0.4 is 24.3 Å². The first-order chi connectivity index (χ1) is 43.0. The van der Waals surface area contributed by atoms with Crippen LogP contribution in [0, 0.1) is 27.7 Å². The highest BCUT2D eigenvalue weighted by Crippen LogP contribution is 2.49. The van der Waals surface area contributed by atoms with Crippen LogP contribution in [-0.2, 0) is 47.4 Å². The van der Waals surface area contributed by atoms with Crippen molar-refractivity contribution in [3.05, 3.63) is 186 Å². The number of methoxy groups -OCH3 is 1. The Hall–Kier alpha value is -9.35. The molecule has 91 heavy (non-hydrogen) atoms. The number of rotatable bonds is 19. The molecule has 0 aliphatic carbocycles. The molecule has 16 nitrogen and oxygen atoms in total. The van der Waals surface area contributed by atoms with Crippen molar-refractivity contribution in [2.75, 3.05) is 12.4 Å². The topological polar surface area (TPSA) is 220 Å². The van der Waals surface area contributed by atoms with E-state index >= 15 is 0 Å². The van der Waals surface area contributed by atoms with Crippen molar-refractivity contribution in [2.45, 2.75) is 71.8 Å². The molecule has 10 aromatic rings. The van der Waals surface area contributed by atoms with Gasteiger partial charge in [-0.2, -0.15) is 26.3 Å². The Kier molecular flexibility index (Phi) is 18.4. The SMILES string of the molecule is COc1ccc(-c2[nH]c3ccc(Oc4c(Cl)cc(C(CC(=O)OC(=O)CCc5cc(Cl)c(Oc6ccc7[nH]c(C)c(C)c7c6)c(Cl)c5)OC(=O)c5[nH]c6ccc(Oc7c(C(F)(F)F)cc(NC(=O)CC(=O)O)cc7C(F)(F)F)cc6c5C)cc4Cl)cc3c2C)cc1. The van der Waals surface area contributed by atoms with Gasteiger partial charge in [0, 0.05) is 49.8 Å². The Balaban J connectivity index is 0.905. The quantitative estimate of drug-likeness (QED) is 0.0290. The van der Waals surface area contributed by atoms with Gasteiger partial charge in [-0.1, -0.05) is 46.4 Å². The molecule has 1 unspecified atom stereocenters. The van der Waals surface area contributed by atoms with Crippen LogP contribution in [-0.4, -0.2) is 57.0 Å². The third-order valence-corrected chi connectivity index (χ3v) is 15.9. The van der Waals surface area contributed by atoms with Gasteiger partial charge in [-0.3, -0.25) is 19.2 Å². The largest absolute Gasteiger partial charge is 0.497 e. The second kappa shape index (κ2) is 25.9. The van der Waals surface area contributed by atoms with Gasteiger partial charge < -0.3 is 53.8 Å². The summed E-state index contributed by atoms with van der Waals surface area (Å²) in [5.41, 5.74) is 1.80. The number of carbonyl (C=O) groups is 5. The second-order valence-corrected chi connectivity index (χ2v) is 22.6. The van der Waals surface area contributed by atoms with Crippen LogP contribution in [0.4, 0.5) is 32.0 Å². The number of hydrogen-bond donors (Lipinski definition) is 5. The number of nitrogens with one attached hydrogen (secondary N) is 4. The van der Waals surface area contributed by atoms with Crippen LogP contribution in [0.1, 0.15) is 80.5 Å². The van der Waals surface area contributed by atoms with Crippen molar-refractivity contribution in [3.8, 4) is 51.5 Å². The van der Waals surface area contributed by atoms with Crippen molar-refractivity contribution in [2.24, 2.45) is 0 Å². The van der Waals surface area contributed by atoms with Crippen molar-refractivity contribution in [1.82, 2.24) is 15.0 Å². The van der Waals surface area contributed by atoms with Crippen molar-refractivity contribution >= 4 is 115 Å². The second-order valence-electron chi connectivity index (χ2n) is 20.9. The standard InChI is InChI=1S/C65H48Cl4F6N4O12/c1-29-32(4)76-50-14-11-39(24-41(29)50)88-61-46(66)18-33(19-47(61)67)6-17-56(83)91-57(84)27-53(35-20-48(68)62(49(69)21-35)89-40-13-15-51-42(26-40)30(2)58(78-51)34-7-9-37(86-5)10-8-34)90-63(85)59-31(3)43-25-38(12-16-52(43)79-59)87-60-44(64(70,71)72)22-36(23-45(60)65(73,74)75)77-54(80)28-55(81)82/h7-16,18-26,53,76,78-79H,6,17,27-28H2,1-5H3,(H,77,80)(H,81,82). The molecule has 1 atom stereocenters. The fourth-order valence-corrected chi connectivity index (χ4v) is 11.4. The van der Waals surface area contributed by atoms with Crippen LogP contribution in [0.5, 0.6) is 40.2 Å². The Labute approximate surface area is 532 Å². The lowest BCUT2D eigenvalue weighted by Crippen LogP contribution is -2.20. The zero-order valence-electron chi connectivity index (χ0n) is 48.1. The smallest absolute Gasteiger partial charge is 0.420 e. The number of aromatic amines is 3. The lowest BCUT2D eigenvalue weighted by molar-refractivity contribution is -0.161. The minimum atomic E-state index is -5.51. The first kappa shape index (κ1) is 64.6. The van der Waals surface area contributed by atoms with E-state index in [-0.39, 0.29) is 84.3 Å². The van der Waals surface area contributed by atoms with Gasteiger partial charge in [0.15, 0.2) is 17.2 Å². The van der Waals surface area contributed by atoms with Crippen LogP contribution in [0.25, 0.3) is 44.0 Å². The molecule has 0 spiro atoms. The molecule has 3 aromatic heterocycles. The van der Waals surface area contributed by atoms with Crippen molar-refractivity contribution in [3.63, 3.8) is 0 Å². The molecule has 470 valence electrons. The third kappa shape index (κ3) is 14.3. The number of hydrogen-bond acceptors (Lipinski definition) is 11. The fraction of sp³-hybridized carbons (Fsp3) is 0.185. The lowest BCUT2D eigenvalue weighted by Gasteiger charge is -2.21. The summed E-state index contributed by atoms with van der Waals surface area (Å²) in [4.78, 5) is 74.2. The minimum absolute atomic E-state index is 0.00360. The average Bonchev–Trinajstić information content (AvgIpc) is 1.55. The summed E-state index contributed by atoms with van der Waals surface area (Å²) >= 11 is 27.0. The predicted molar refractivity (Wildman–Crippen MR) is 329 cm³/mol. The van der Waals surface area contributed by atoms with Gasteiger partial charge in [-0.05, 0) is 183 Å². The highest BCUT2D eigenvalue weighted by Gasteiger charge is 2.43. The maximum absolute atomic E-state index is 14.5. The number of benzene rings is 7. The maximum atomic E-state index is 14.5. The number of aromatic nitrogens is 3. The summed E-state index contributed by atoms with van der Waals surface area (Å²) in [6, 6.07) is 27.5. The minimum Gasteiger partial charge on any atom is -0.497 e. The molecular weight excluding hydrogens is 1280 g/mol. The number of carbonyl (C=O) groups excluding carboxylic acids is 4. The van der Waals surface area contributed by atoms with Gasteiger partial charge in [-0.15, -0.1) is 0 Å². The number of aliphatic carboxylic acids is 1. The fourth-order valence-electron chi connectivity index (χ4n) is 10.2. The zero-order valence-corrected chi connectivity index (χ0v) is 51.1. The number of ether oxygens (including phenoxy) is 6. The van der Waals surface area contributed by atoms with Crippen LogP contribution in [0.2, 0.25) is 20.1 Å². The molecule has 1 amide bonds. The molecule has 5 N–H and O–H groups in total. The highest BCUT2D eigenvalue weighted by molar-refractivity contribution is 6.38. The Morgan fingerprint density at radius 3 is 1.58 bits per heavy atom. The number of amides is 1. The number of carboxylic acid groups (broad SMARTS) is 1. The summed E-state index contributed by atoms with van der Waals surface area (Å²) < 4.78 is 121. The number of H-pyrrole nitrogens is 3. The number of esters is 3. The molecule has 0 saturated heterocycles. The Morgan fingerprint density at radius 1 is 0.571 bits per heavy atom. The zero-order chi connectivity index (χ0) is 65.5. The third-order valence-electron chi connectivity index (χ3n) is 14.8. The van der Waals surface area contributed by atoms with Gasteiger partial charge in [0.1, 0.15) is 52.3 Å². The summed E-state index contributed by atoms with van der Waals surface area (Å²) in [7, 11) is 1.57. The summed E-state index contributed by atoms with van der Waals surface area (Å²) in [5, 5.41) is 12.5. The van der Waals surface area contributed by atoms with E-state index in [1.165, 1.54) is 25.1 Å². The highest BCUT2D eigenvalue weighted by atomic mass is 35.5. The van der Waals surface area contributed by atoms with Crippen LogP contribution in [0.15, 0.2) is 115 Å². The maximum Gasteiger partial charge on any atom is 0.420 e. The molecule has 10 rings (SSSR count). The van der Waals surface area contributed by atoms with Gasteiger partial charge in [0.05, 0.1) is 40.0 Å². The summed E-state index contributed by atoms with van der Waals surface area (Å²) in [5.74, 6) is -7.09. The van der Waals surface area contributed by atoms with Gasteiger partial charge in [-0.25, -0.2) is 4.79 Å². The van der Waals surface area contributed by atoms with E-state index in [1.54, 1.807) is 48.8 Å². The van der Waals surface area contributed by atoms with Crippen LogP contribution in [0.3, 0.4) is 0 Å². The average molecular weight is 1330 g/mol. The first-order valence-electron chi connectivity index (χ1n) is 27.3. The normalized spacial score (nSPS) is 12.1. The van der Waals surface area contributed by atoms with Gasteiger partial charge in [0.25, 0.3) is 0 Å². The van der Waals surface area contributed by atoms with E-state index in [4.69, 9.17) is 79.9 Å².